The molecule has 0 aliphatic carbocycles. The van der Waals surface area contributed by atoms with Gasteiger partial charge in [-0.2, -0.15) is 5.10 Å². The third-order valence-electron chi connectivity index (χ3n) is 3.26. The van der Waals surface area contributed by atoms with E-state index in [0.29, 0.717) is 24.8 Å². The number of hydrazone groups is 1. The molecule has 0 unspecified atom stereocenters. The zero-order valence-electron chi connectivity index (χ0n) is 12.2. The van der Waals surface area contributed by atoms with E-state index < -0.39 is 4.92 Å². The highest BCUT2D eigenvalue weighted by Crippen LogP contribution is 2.18. The molecule has 2 aromatic rings. The molecule has 3 rings (SSSR count). The number of nitrogens with one attached hydrogen (secondary N) is 1. The first-order valence-electron chi connectivity index (χ1n) is 7.04. The minimum Gasteiger partial charge on any atom is -0.440 e. The van der Waals surface area contributed by atoms with Crippen molar-refractivity contribution < 1.29 is 14.1 Å². The number of hydrogen-bond acceptors (Lipinski definition) is 8. The van der Waals surface area contributed by atoms with Crippen LogP contribution in [0.15, 0.2) is 40.0 Å². The first-order chi connectivity index (χ1) is 11.2. The van der Waals surface area contributed by atoms with Gasteiger partial charge in [-0.05, 0) is 12.1 Å². The van der Waals surface area contributed by atoms with Gasteiger partial charge in [-0.15, -0.1) is 0 Å². The number of morpholine rings is 1. The number of aromatic nitrogens is 1. The summed E-state index contributed by atoms with van der Waals surface area (Å²) < 4.78 is 11.0. The normalized spacial score (nSPS) is 15.0. The van der Waals surface area contributed by atoms with Gasteiger partial charge in [0, 0.05) is 25.2 Å². The second-order valence-corrected chi connectivity index (χ2v) is 4.80. The van der Waals surface area contributed by atoms with Crippen molar-refractivity contribution in [2.75, 3.05) is 36.6 Å². The first-order valence-corrected chi connectivity index (χ1v) is 7.04. The predicted octanol–water partition coefficient (Wildman–Crippen LogP) is 1.87. The zero-order valence-corrected chi connectivity index (χ0v) is 12.2. The Kier molecular flexibility index (Phi) is 4.48. The molecule has 3 heterocycles. The zero-order chi connectivity index (χ0) is 16.1. The monoisotopic (exact) mass is 317 g/mol. The van der Waals surface area contributed by atoms with Gasteiger partial charge >= 0.3 is 0 Å². The average molecular weight is 317 g/mol. The summed E-state index contributed by atoms with van der Waals surface area (Å²) in [6.07, 6.45) is 2.69. The molecule has 9 heteroatoms. The van der Waals surface area contributed by atoms with Gasteiger partial charge in [-0.3, -0.25) is 15.5 Å². The first kappa shape index (κ1) is 15.0. The molecule has 0 spiro atoms. The van der Waals surface area contributed by atoms with E-state index in [1.165, 1.54) is 24.5 Å². The molecule has 0 bridgehead atoms. The second kappa shape index (κ2) is 6.88. The molecule has 9 nitrogen and oxygen atoms in total. The van der Waals surface area contributed by atoms with E-state index in [1.807, 2.05) is 12.1 Å². The summed E-state index contributed by atoms with van der Waals surface area (Å²) in [6.45, 7) is 2.99. The van der Waals surface area contributed by atoms with Crippen molar-refractivity contribution in [2.24, 2.45) is 5.10 Å². The van der Waals surface area contributed by atoms with Crippen LogP contribution in [0.5, 0.6) is 0 Å². The van der Waals surface area contributed by atoms with E-state index in [4.69, 9.17) is 9.15 Å². The number of nitro groups is 1. The van der Waals surface area contributed by atoms with Crippen molar-refractivity contribution in [1.82, 2.24) is 4.98 Å². The van der Waals surface area contributed by atoms with Crippen LogP contribution < -0.4 is 10.3 Å². The minimum absolute atomic E-state index is 0.0688. The van der Waals surface area contributed by atoms with Crippen LogP contribution in [0, 0.1) is 10.1 Å². The summed E-state index contributed by atoms with van der Waals surface area (Å²) in [4.78, 5) is 16.0. The fraction of sp³-hybridized carbons (Fsp3) is 0.286. The van der Waals surface area contributed by atoms with Crippen molar-refractivity contribution in [3.05, 3.63) is 46.3 Å². The van der Waals surface area contributed by atoms with Crippen molar-refractivity contribution in [2.45, 2.75) is 0 Å². The predicted molar refractivity (Wildman–Crippen MR) is 83.8 cm³/mol. The Morgan fingerprint density at radius 3 is 2.83 bits per heavy atom. The number of anilines is 2. The molecule has 1 fully saturated rings. The van der Waals surface area contributed by atoms with Gasteiger partial charge in [0.2, 0.25) is 0 Å². The van der Waals surface area contributed by atoms with Crippen LogP contribution in [0.3, 0.4) is 0 Å². The second-order valence-electron chi connectivity index (χ2n) is 4.80. The van der Waals surface area contributed by atoms with E-state index >= 15 is 0 Å². The number of hydrogen-bond donors (Lipinski definition) is 1. The molecule has 0 atom stereocenters. The molecule has 0 radical (unpaired) electrons. The quantitative estimate of drug-likeness (QED) is 0.509. The molecule has 1 aliphatic heterocycles. The van der Waals surface area contributed by atoms with Gasteiger partial charge in [0.05, 0.1) is 24.4 Å². The Balaban J connectivity index is 1.57. The summed E-state index contributed by atoms with van der Waals surface area (Å²) in [5.41, 5.74) is 2.62. The number of ether oxygens (including phenoxy) is 1. The fourth-order valence-electron chi connectivity index (χ4n) is 2.09. The maximum absolute atomic E-state index is 10.5. The topological polar surface area (TPSA) is 106 Å². The van der Waals surface area contributed by atoms with Crippen LogP contribution in [-0.4, -0.2) is 42.4 Å². The van der Waals surface area contributed by atoms with Gasteiger partial charge < -0.3 is 14.1 Å². The highest BCUT2D eigenvalue weighted by molar-refractivity contribution is 5.77. The van der Waals surface area contributed by atoms with Crippen molar-refractivity contribution in [1.29, 1.82) is 0 Å². The van der Waals surface area contributed by atoms with Crippen LogP contribution in [0.4, 0.5) is 17.4 Å². The lowest BCUT2D eigenvalue weighted by Gasteiger charge is -2.26. The largest absolute Gasteiger partial charge is 0.440 e. The van der Waals surface area contributed by atoms with Crippen LogP contribution in [0.2, 0.25) is 0 Å². The van der Waals surface area contributed by atoms with E-state index in [2.05, 4.69) is 20.4 Å². The molecule has 0 amide bonds. The Morgan fingerprint density at radius 2 is 2.13 bits per heavy atom. The highest BCUT2D eigenvalue weighted by Gasteiger charge is 2.14. The van der Waals surface area contributed by atoms with Crippen LogP contribution in [-0.2, 0) is 4.74 Å². The number of furan rings is 1. The van der Waals surface area contributed by atoms with Crippen LogP contribution in [0.25, 0.3) is 0 Å². The Labute approximate surface area is 131 Å². The van der Waals surface area contributed by atoms with Crippen LogP contribution >= 0.6 is 0 Å². The summed E-state index contributed by atoms with van der Waals surface area (Å²) in [5.74, 6) is 1.79. The average Bonchev–Trinajstić information content (AvgIpc) is 3.05. The van der Waals surface area contributed by atoms with Gasteiger partial charge in [0.15, 0.2) is 5.88 Å². The molecule has 2 aromatic heterocycles. The maximum Gasteiger partial charge on any atom is 0.287 e. The Morgan fingerprint density at radius 1 is 1.30 bits per heavy atom. The SMILES string of the molecule is O=[N+]([O-])c1ccc(NN=Cc2ccc(N3CCOCC3)o2)nc1. The summed E-state index contributed by atoms with van der Waals surface area (Å²) in [6, 6.07) is 6.54. The minimum atomic E-state index is -0.504. The fourth-order valence-corrected chi connectivity index (χ4v) is 2.09. The number of nitrogens with zero attached hydrogens (tertiary/aromatic N) is 4. The van der Waals surface area contributed by atoms with Gasteiger partial charge in [0.25, 0.3) is 5.69 Å². The van der Waals surface area contributed by atoms with E-state index in [1.54, 1.807) is 0 Å². The molecular weight excluding hydrogens is 302 g/mol. The van der Waals surface area contributed by atoms with E-state index in [-0.39, 0.29) is 5.69 Å². The molecule has 1 saturated heterocycles. The lowest BCUT2D eigenvalue weighted by molar-refractivity contribution is -0.385. The number of rotatable bonds is 5. The third kappa shape index (κ3) is 3.83. The van der Waals surface area contributed by atoms with Crippen molar-refractivity contribution in [3.63, 3.8) is 0 Å². The third-order valence-corrected chi connectivity index (χ3v) is 3.26. The van der Waals surface area contributed by atoms with Gasteiger partial charge in [-0.1, -0.05) is 0 Å². The Hall–Kier alpha value is -2.94. The molecular formula is C14H15N5O4. The molecule has 1 N–H and O–H groups in total. The standard InChI is InChI=1S/C14H15N5O4/c20-19(21)11-1-3-13(15-9-11)17-16-10-12-2-4-14(23-12)18-5-7-22-8-6-18/h1-4,9-10H,5-8H2,(H,15,17). The van der Waals surface area contributed by atoms with Gasteiger partial charge in [-0.25, -0.2) is 4.98 Å². The summed E-state index contributed by atoms with van der Waals surface area (Å²) in [5, 5.41) is 14.5. The van der Waals surface area contributed by atoms with Gasteiger partial charge in [0.1, 0.15) is 17.8 Å². The lowest BCUT2D eigenvalue weighted by atomic mass is 10.4. The van der Waals surface area contributed by atoms with E-state index in [9.17, 15) is 10.1 Å². The number of pyridine rings is 1. The molecule has 0 saturated carbocycles. The van der Waals surface area contributed by atoms with Crippen molar-refractivity contribution in [3.8, 4) is 0 Å². The van der Waals surface area contributed by atoms with Crippen LogP contribution in [0.1, 0.15) is 5.76 Å². The smallest absolute Gasteiger partial charge is 0.287 e. The van der Waals surface area contributed by atoms with E-state index in [0.717, 1.165) is 19.0 Å². The molecule has 0 aromatic carbocycles. The van der Waals surface area contributed by atoms with Crippen molar-refractivity contribution >= 4 is 23.6 Å². The molecule has 120 valence electrons. The molecule has 23 heavy (non-hydrogen) atoms. The summed E-state index contributed by atoms with van der Waals surface area (Å²) in [7, 11) is 0. The Bertz CT molecular complexity index is 691. The maximum atomic E-state index is 10.5. The molecule has 1 aliphatic rings. The lowest BCUT2D eigenvalue weighted by Crippen LogP contribution is -2.35. The highest BCUT2D eigenvalue weighted by atomic mass is 16.6. The summed E-state index contributed by atoms with van der Waals surface area (Å²) >= 11 is 0.